The van der Waals surface area contributed by atoms with Crippen LogP contribution < -0.4 is 0 Å². The lowest BCUT2D eigenvalue weighted by Gasteiger charge is -2.15. The van der Waals surface area contributed by atoms with E-state index < -0.39 is 0 Å². The number of nitrogens with zero attached hydrogens (tertiary/aromatic N) is 4. The van der Waals surface area contributed by atoms with E-state index in [1.807, 2.05) is 42.5 Å². The van der Waals surface area contributed by atoms with Gasteiger partial charge in [-0.1, -0.05) is 140 Å². The molecule has 1 aliphatic heterocycles. The molecule has 5 heterocycles. The molecule has 0 unspecified atom stereocenters. The summed E-state index contributed by atoms with van der Waals surface area (Å²) >= 11 is 0. The highest BCUT2D eigenvalue weighted by atomic mass is 16.3. The van der Waals surface area contributed by atoms with E-state index in [0.29, 0.717) is 17.5 Å². The van der Waals surface area contributed by atoms with Crippen molar-refractivity contribution in [3.8, 4) is 84.4 Å². The maximum Gasteiger partial charge on any atom is 0.164 e. The molecule has 6 heteroatoms. The van der Waals surface area contributed by atoms with E-state index in [0.717, 1.165) is 99.6 Å². The normalized spacial score (nSPS) is 12.1. The molecule has 0 saturated heterocycles. The molecule has 0 atom stereocenters. The molecule has 0 fully saturated rings. The monoisotopic (exact) mass is 880 g/mol. The van der Waals surface area contributed by atoms with Gasteiger partial charge in [-0.3, -0.25) is 0 Å². The number of hydrogen-bond donors (Lipinski definition) is 0. The van der Waals surface area contributed by atoms with E-state index in [-0.39, 0.29) is 0 Å². The third kappa shape index (κ3) is 5.82. The predicted molar refractivity (Wildman–Crippen MR) is 280 cm³/mol. The Morgan fingerprint density at radius 2 is 0.768 bits per heavy atom. The van der Waals surface area contributed by atoms with Crippen molar-refractivity contribution >= 4 is 65.7 Å². The first kappa shape index (κ1) is 37.8. The first-order valence-electron chi connectivity index (χ1n) is 23.2. The van der Waals surface area contributed by atoms with Gasteiger partial charge in [0.1, 0.15) is 22.3 Å². The highest BCUT2D eigenvalue weighted by Crippen LogP contribution is 2.48. The first-order chi connectivity index (χ1) is 34.2. The molecule has 14 aromatic rings. The van der Waals surface area contributed by atoms with Gasteiger partial charge in [-0.25, -0.2) is 15.0 Å². The second kappa shape index (κ2) is 14.6. The van der Waals surface area contributed by atoms with Crippen molar-refractivity contribution in [2.75, 3.05) is 0 Å². The molecule has 10 aromatic carbocycles. The zero-order chi connectivity index (χ0) is 45.2. The standard InChI is InChI=1S/C63H36N4O2/c1-2-13-37(14-3-1)61-64-62(40-25-28-55-51(36-40)45-16-5-4-15-44(45)49-20-12-21-50-46-17-6-9-22-54(46)67(55)60(49)50)66-63(65-61)43-32-41(38-26-29-58-52(34-38)47-18-7-10-23-56(47)68-58)31-42(33-43)39-27-30-59-53(35-39)48-19-8-11-24-57(48)69-59/h1-36H. The summed E-state index contributed by atoms with van der Waals surface area (Å²) in [6, 6.07) is 77.0. The molecule has 0 saturated carbocycles. The fourth-order valence-electron chi connectivity index (χ4n) is 10.8. The average molecular weight is 881 g/mol. The van der Waals surface area contributed by atoms with Gasteiger partial charge in [0.2, 0.25) is 0 Å². The van der Waals surface area contributed by atoms with Crippen LogP contribution in [0.15, 0.2) is 227 Å². The topological polar surface area (TPSA) is 69.9 Å². The molecule has 0 radical (unpaired) electrons. The van der Waals surface area contributed by atoms with E-state index in [1.54, 1.807) is 0 Å². The molecule has 15 rings (SSSR count). The number of fused-ring (bicyclic) bond motifs is 14. The number of furan rings is 2. The van der Waals surface area contributed by atoms with Gasteiger partial charge in [-0.05, 0) is 112 Å². The lowest BCUT2D eigenvalue weighted by atomic mass is 9.92. The maximum absolute atomic E-state index is 6.28. The van der Waals surface area contributed by atoms with Crippen molar-refractivity contribution in [1.29, 1.82) is 0 Å². The van der Waals surface area contributed by atoms with E-state index >= 15 is 0 Å². The minimum absolute atomic E-state index is 0.576. The molecule has 0 spiro atoms. The Bertz CT molecular complexity index is 4310. The van der Waals surface area contributed by atoms with Gasteiger partial charge in [0.15, 0.2) is 17.5 Å². The smallest absolute Gasteiger partial charge is 0.164 e. The summed E-state index contributed by atoms with van der Waals surface area (Å²) in [7, 11) is 0. The van der Waals surface area contributed by atoms with Crippen molar-refractivity contribution in [1.82, 2.24) is 19.5 Å². The van der Waals surface area contributed by atoms with E-state index in [2.05, 4.69) is 180 Å². The van der Waals surface area contributed by atoms with Gasteiger partial charge >= 0.3 is 0 Å². The largest absolute Gasteiger partial charge is 0.456 e. The van der Waals surface area contributed by atoms with Crippen LogP contribution in [0.25, 0.3) is 150 Å². The van der Waals surface area contributed by atoms with Crippen LogP contribution in [0.5, 0.6) is 0 Å². The van der Waals surface area contributed by atoms with E-state index in [1.165, 1.54) is 32.9 Å². The zero-order valence-corrected chi connectivity index (χ0v) is 36.9. The summed E-state index contributed by atoms with van der Waals surface area (Å²) in [6.45, 7) is 0. The van der Waals surface area contributed by atoms with Gasteiger partial charge < -0.3 is 13.4 Å². The molecule has 0 aliphatic carbocycles. The number of rotatable bonds is 5. The summed E-state index contributed by atoms with van der Waals surface area (Å²) in [5.74, 6) is 1.77. The summed E-state index contributed by atoms with van der Waals surface area (Å²) in [5.41, 5.74) is 18.5. The van der Waals surface area contributed by atoms with Crippen LogP contribution in [0.3, 0.4) is 0 Å². The molecule has 69 heavy (non-hydrogen) atoms. The third-order valence-electron chi connectivity index (χ3n) is 14.0. The van der Waals surface area contributed by atoms with Crippen LogP contribution in [0.2, 0.25) is 0 Å². The highest BCUT2D eigenvalue weighted by Gasteiger charge is 2.25. The fourth-order valence-corrected chi connectivity index (χ4v) is 10.8. The predicted octanol–water partition coefficient (Wildman–Crippen LogP) is 16.7. The molecular formula is C63H36N4O2. The quantitative estimate of drug-likeness (QED) is 0.172. The number of para-hydroxylation sites is 4. The second-order valence-electron chi connectivity index (χ2n) is 17.9. The van der Waals surface area contributed by atoms with E-state index in [4.69, 9.17) is 23.8 Å². The minimum atomic E-state index is 0.576. The number of hydrogen-bond acceptors (Lipinski definition) is 5. The molecule has 4 aromatic heterocycles. The van der Waals surface area contributed by atoms with Gasteiger partial charge in [0, 0.05) is 60.1 Å². The lowest BCUT2D eigenvalue weighted by Crippen LogP contribution is -2.02. The summed E-state index contributed by atoms with van der Waals surface area (Å²) in [4.78, 5) is 16.0. The van der Waals surface area contributed by atoms with Gasteiger partial charge in [0.05, 0.1) is 16.7 Å². The van der Waals surface area contributed by atoms with Crippen molar-refractivity contribution in [2.24, 2.45) is 0 Å². The van der Waals surface area contributed by atoms with Crippen molar-refractivity contribution in [2.45, 2.75) is 0 Å². The SMILES string of the molecule is c1ccc(-c2nc(-c3cc(-c4ccc5oc6ccccc6c5c4)cc(-c4ccc5oc6ccccc6c5c4)c3)nc(-c3ccc4c(c3)-c3ccccc3-c3cccc5c6ccccc6n-4c35)n2)cc1. The van der Waals surface area contributed by atoms with Gasteiger partial charge in [0.25, 0.3) is 0 Å². The van der Waals surface area contributed by atoms with Crippen LogP contribution in [0, 0.1) is 0 Å². The third-order valence-corrected chi connectivity index (χ3v) is 14.0. The number of aromatic nitrogens is 4. The summed E-state index contributed by atoms with van der Waals surface area (Å²) in [5, 5.41) is 6.77. The summed E-state index contributed by atoms with van der Waals surface area (Å²) < 4.78 is 15.0. The van der Waals surface area contributed by atoms with Gasteiger partial charge in [-0.2, -0.15) is 0 Å². The van der Waals surface area contributed by atoms with E-state index in [9.17, 15) is 0 Å². The van der Waals surface area contributed by atoms with Crippen molar-refractivity contribution < 1.29 is 8.83 Å². The maximum atomic E-state index is 6.28. The highest BCUT2D eigenvalue weighted by molar-refractivity contribution is 6.16. The molecule has 320 valence electrons. The Morgan fingerprint density at radius 3 is 1.45 bits per heavy atom. The molecular weight excluding hydrogens is 845 g/mol. The Labute approximate surface area is 395 Å². The van der Waals surface area contributed by atoms with Crippen LogP contribution in [0.4, 0.5) is 0 Å². The Hall–Kier alpha value is -9.39. The molecule has 0 bridgehead atoms. The molecule has 6 nitrogen and oxygen atoms in total. The second-order valence-corrected chi connectivity index (χ2v) is 17.9. The number of benzene rings is 10. The Kier molecular flexibility index (Phi) is 7.97. The van der Waals surface area contributed by atoms with Gasteiger partial charge in [-0.15, -0.1) is 0 Å². The zero-order valence-electron chi connectivity index (χ0n) is 36.9. The minimum Gasteiger partial charge on any atom is -0.456 e. The molecule has 0 N–H and O–H groups in total. The fraction of sp³-hybridized carbons (Fsp3) is 0. The lowest BCUT2D eigenvalue weighted by molar-refractivity contribution is 0.668. The Morgan fingerprint density at radius 1 is 0.275 bits per heavy atom. The van der Waals surface area contributed by atoms with Crippen LogP contribution in [-0.4, -0.2) is 19.5 Å². The van der Waals surface area contributed by atoms with Crippen LogP contribution >= 0.6 is 0 Å². The van der Waals surface area contributed by atoms with Crippen LogP contribution in [-0.2, 0) is 0 Å². The average Bonchev–Trinajstić information content (AvgIpc) is 4.07. The Balaban J connectivity index is 0.960. The summed E-state index contributed by atoms with van der Waals surface area (Å²) in [6.07, 6.45) is 0. The van der Waals surface area contributed by atoms with Crippen molar-refractivity contribution in [3.63, 3.8) is 0 Å². The first-order valence-corrected chi connectivity index (χ1v) is 23.2. The van der Waals surface area contributed by atoms with Crippen LogP contribution in [0.1, 0.15) is 0 Å². The van der Waals surface area contributed by atoms with Crippen molar-refractivity contribution in [3.05, 3.63) is 218 Å². The molecule has 0 amide bonds. The molecule has 1 aliphatic rings.